The fraction of sp³-hybridized carbons (Fsp3) is 0.800. The summed E-state index contributed by atoms with van der Waals surface area (Å²) in [4.78, 5) is 0. The molecule has 0 aliphatic heterocycles. The number of hydrogen-bond donors (Lipinski definition) is 0. The number of hydrogen-bond acceptors (Lipinski definition) is 2. The third kappa shape index (κ3) is 1.22. The molecule has 13 heavy (non-hydrogen) atoms. The maximum Gasteiger partial charge on any atom is 0.331 e. The maximum atomic E-state index is 5.54. The highest BCUT2D eigenvalue weighted by Crippen LogP contribution is 2.60. The molecule has 1 fully saturated rings. The molecular formula is C10H18O2Si. The van der Waals surface area contributed by atoms with E-state index in [1.54, 1.807) is 14.2 Å². The molecular weight excluding hydrogens is 180 g/mol. The molecule has 2 aliphatic carbocycles. The van der Waals surface area contributed by atoms with Crippen molar-refractivity contribution in [1.82, 2.24) is 0 Å². The summed E-state index contributed by atoms with van der Waals surface area (Å²) in [5.41, 5.74) is 0. The molecule has 0 aromatic carbocycles. The zero-order valence-corrected chi connectivity index (χ0v) is 9.77. The molecule has 3 heteroatoms. The molecule has 0 spiro atoms. The van der Waals surface area contributed by atoms with Crippen molar-refractivity contribution >= 4 is 9.28 Å². The summed E-state index contributed by atoms with van der Waals surface area (Å²) < 4.78 is 11.1. The van der Waals surface area contributed by atoms with Crippen LogP contribution in [0.25, 0.3) is 0 Å². The summed E-state index contributed by atoms with van der Waals surface area (Å²) in [5, 5.41) is 0.300. The molecule has 3 unspecified atom stereocenters. The minimum absolute atomic E-state index is 0.300. The van der Waals surface area contributed by atoms with Crippen LogP contribution in [0.4, 0.5) is 0 Å². The van der Waals surface area contributed by atoms with Gasteiger partial charge in [-0.05, 0) is 24.7 Å². The molecule has 0 aromatic heterocycles. The van der Waals surface area contributed by atoms with Crippen LogP contribution in [-0.4, -0.2) is 23.5 Å². The van der Waals surface area contributed by atoms with Crippen LogP contribution in [0.3, 0.4) is 0 Å². The highest BCUT2D eigenvalue weighted by molar-refractivity contribution is 6.49. The van der Waals surface area contributed by atoms with Crippen LogP contribution < -0.4 is 0 Å². The molecule has 3 atom stereocenters. The van der Waals surface area contributed by atoms with Crippen LogP contribution in [0.5, 0.6) is 0 Å². The van der Waals surface area contributed by atoms with Gasteiger partial charge in [0.25, 0.3) is 0 Å². The molecule has 2 aliphatic rings. The Morgan fingerprint density at radius 3 is 2.46 bits per heavy atom. The van der Waals surface area contributed by atoms with Gasteiger partial charge in [0.2, 0.25) is 0 Å². The van der Waals surface area contributed by atoms with E-state index in [9.17, 15) is 0 Å². The molecule has 0 amide bonds. The van der Waals surface area contributed by atoms with Gasteiger partial charge in [-0.15, -0.1) is 0 Å². The highest BCUT2D eigenvalue weighted by atomic mass is 28.3. The SMILES string of the molecule is CO[SiH](OC)C12C=CC(CC1C)C2. The van der Waals surface area contributed by atoms with E-state index in [2.05, 4.69) is 19.1 Å². The molecule has 0 saturated heterocycles. The summed E-state index contributed by atoms with van der Waals surface area (Å²) >= 11 is 0. The number of fused-ring (bicyclic) bond motifs is 2. The lowest BCUT2D eigenvalue weighted by Crippen LogP contribution is -2.37. The van der Waals surface area contributed by atoms with Crippen LogP contribution in [0.15, 0.2) is 12.2 Å². The second kappa shape index (κ2) is 3.22. The van der Waals surface area contributed by atoms with E-state index in [0.717, 1.165) is 11.8 Å². The van der Waals surface area contributed by atoms with Crippen LogP contribution >= 0.6 is 0 Å². The molecule has 0 heterocycles. The first-order valence-electron chi connectivity index (χ1n) is 4.98. The zero-order valence-electron chi connectivity index (χ0n) is 8.62. The highest BCUT2D eigenvalue weighted by Gasteiger charge is 2.53. The van der Waals surface area contributed by atoms with Gasteiger partial charge in [-0.2, -0.15) is 0 Å². The fourth-order valence-corrected chi connectivity index (χ4v) is 5.48. The lowest BCUT2D eigenvalue weighted by molar-refractivity contribution is 0.238. The van der Waals surface area contributed by atoms with E-state index in [0.29, 0.717) is 5.04 Å². The summed E-state index contributed by atoms with van der Waals surface area (Å²) in [6.45, 7) is 2.33. The molecule has 2 bridgehead atoms. The van der Waals surface area contributed by atoms with Gasteiger partial charge in [0.05, 0.1) is 0 Å². The van der Waals surface area contributed by atoms with Gasteiger partial charge in [0.1, 0.15) is 0 Å². The van der Waals surface area contributed by atoms with E-state index in [-0.39, 0.29) is 0 Å². The summed E-state index contributed by atoms with van der Waals surface area (Å²) in [6, 6.07) is 0. The second-order valence-corrected chi connectivity index (χ2v) is 7.06. The van der Waals surface area contributed by atoms with Crippen molar-refractivity contribution in [3.8, 4) is 0 Å². The summed E-state index contributed by atoms with van der Waals surface area (Å²) in [7, 11) is 2.10. The predicted octanol–water partition coefficient (Wildman–Crippen LogP) is 1.86. The largest absolute Gasteiger partial charge is 0.399 e. The Hall–Kier alpha value is -0.123. The van der Waals surface area contributed by atoms with Crippen molar-refractivity contribution < 1.29 is 8.85 Å². The topological polar surface area (TPSA) is 18.5 Å². The first-order chi connectivity index (χ1) is 6.23. The van der Waals surface area contributed by atoms with E-state index in [1.165, 1.54) is 12.8 Å². The lowest BCUT2D eigenvalue weighted by Gasteiger charge is -2.34. The quantitative estimate of drug-likeness (QED) is 0.509. The van der Waals surface area contributed by atoms with Gasteiger partial charge in [-0.1, -0.05) is 19.1 Å². The normalized spacial score (nSPS) is 42.2. The first-order valence-corrected chi connectivity index (χ1v) is 6.50. The molecule has 2 rings (SSSR count). The van der Waals surface area contributed by atoms with Crippen LogP contribution in [0.2, 0.25) is 5.04 Å². The average molecular weight is 198 g/mol. The Morgan fingerprint density at radius 1 is 1.38 bits per heavy atom. The van der Waals surface area contributed by atoms with Crippen LogP contribution in [0.1, 0.15) is 19.8 Å². The second-order valence-electron chi connectivity index (χ2n) is 4.38. The minimum Gasteiger partial charge on any atom is -0.399 e. The zero-order chi connectivity index (χ0) is 9.47. The van der Waals surface area contributed by atoms with Gasteiger partial charge in [0.15, 0.2) is 0 Å². The predicted molar refractivity (Wildman–Crippen MR) is 54.9 cm³/mol. The smallest absolute Gasteiger partial charge is 0.331 e. The number of allylic oxidation sites excluding steroid dienone is 2. The van der Waals surface area contributed by atoms with Gasteiger partial charge >= 0.3 is 9.28 Å². The van der Waals surface area contributed by atoms with E-state index in [1.807, 2.05) is 0 Å². The molecule has 0 N–H and O–H groups in total. The molecule has 0 radical (unpaired) electrons. The van der Waals surface area contributed by atoms with E-state index >= 15 is 0 Å². The Bertz CT molecular complexity index is 225. The molecule has 2 nitrogen and oxygen atoms in total. The number of rotatable bonds is 3. The van der Waals surface area contributed by atoms with Gasteiger partial charge in [0, 0.05) is 19.3 Å². The Labute approximate surface area is 81.8 Å². The van der Waals surface area contributed by atoms with Crippen LogP contribution in [-0.2, 0) is 8.85 Å². The first kappa shape index (κ1) is 9.43. The van der Waals surface area contributed by atoms with Crippen molar-refractivity contribution in [3.63, 3.8) is 0 Å². The van der Waals surface area contributed by atoms with Crippen molar-refractivity contribution in [1.29, 1.82) is 0 Å². The molecule has 1 saturated carbocycles. The van der Waals surface area contributed by atoms with Gasteiger partial charge < -0.3 is 8.85 Å². The van der Waals surface area contributed by atoms with Crippen molar-refractivity contribution in [2.75, 3.05) is 14.2 Å². The molecule has 74 valence electrons. The fourth-order valence-electron chi connectivity index (χ4n) is 3.05. The third-order valence-corrected chi connectivity index (χ3v) is 6.47. The Balaban J connectivity index is 2.23. The van der Waals surface area contributed by atoms with Crippen molar-refractivity contribution in [2.24, 2.45) is 11.8 Å². The Kier molecular flexibility index (Phi) is 2.34. The van der Waals surface area contributed by atoms with Crippen molar-refractivity contribution in [2.45, 2.75) is 24.8 Å². The van der Waals surface area contributed by atoms with Crippen LogP contribution in [0, 0.1) is 11.8 Å². The average Bonchev–Trinajstić information content (AvgIpc) is 2.64. The summed E-state index contributed by atoms with van der Waals surface area (Å²) in [5.74, 6) is 1.55. The van der Waals surface area contributed by atoms with E-state index in [4.69, 9.17) is 8.85 Å². The maximum absolute atomic E-state index is 5.54. The van der Waals surface area contributed by atoms with Gasteiger partial charge in [-0.3, -0.25) is 0 Å². The van der Waals surface area contributed by atoms with Crippen molar-refractivity contribution in [3.05, 3.63) is 12.2 Å². The monoisotopic (exact) mass is 198 g/mol. The summed E-state index contributed by atoms with van der Waals surface area (Å²) in [6.07, 6.45) is 7.33. The third-order valence-electron chi connectivity index (χ3n) is 3.74. The minimum atomic E-state index is -1.48. The lowest BCUT2D eigenvalue weighted by atomic mass is 9.95. The molecule has 0 aromatic rings. The van der Waals surface area contributed by atoms with E-state index < -0.39 is 9.28 Å². The standard InChI is InChI=1S/C10H18O2Si/c1-8-6-9-4-5-10(8,7-9)13(11-2)12-3/h4-5,8-9,13H,6-7H2,1-3H3. The van der Waals surface area contributed by atoms with Gasteiger partial charge in [-0.25, -0.2) is 0 Å². The Morgan fingerprint density at radius 2 is 2.08 bits per heavy atom.